The molecule has 0 bridgehead atoms. The average Bonchev–Trinajstić information content (AvgIpc) is 2.94. The van der Waals surface area contributed by atoms with Crippen molar-refractivity contribution in [3.8, 4) is 0 Å². The number of hydrogen-bond donors (Lipinski definition) is 0. The molecule has 0 heteroatoms. The summed E-state index contributed by atoms with van der Waals surface area (Å²) in [5.41, 5.74) is 5.78. The first kappa shape index (κ1) is 8.35. The summed E-state index contributed by atoms with van der Waals surface area (Å²) in [6.07, 6.45) is 11.2. The predicted molar refractivity (Wildman–Crippen MR) is 69.4 cm³/mol. The van der Waals surface area contributed by atoms with E-state index in [4.69, 9.17) is 0 Å². The van der Waals surface area contributed by atoms with E-state index in [1.807, 2.05) is 0 Å². The first-order valence-electron chi connectivity index (χ1n) is 5.83. The van der Waals surface area contributed by atoms with Gasteiger partial charge in [0, 0.05) is 0 Å². The van der Waals surface area contributed by atoms with Gasteiger partial charge in [0.25, 0.3) is 0 Å². The van der Waals surface area contributed by atoms with E-state index < -0.39 is 0 Å². The summed E-state index contributed by atoms with van der Waals surface area (Å²) in [6.45, 7) is 0. The molecule has 0 saturated carbocycles. The van der Waals surface area contributed by atoms with Crippen molar-refractivity contribution in [3.05, 3.63) is 58.7 Å². The van der Waals surface area contributed by atoms with Crippen LogP contribution < -0.4 is 0 Å². The first-order chi connectivity index (χ1) is 7.92. The molecule has 2 aliphatic carbocycles. The van der Waals surface area contributed by atoms with Gasteiger partial charge < -0.3 is 0 Å². The minimum absolute atomic E-state index is 1.09. The van der Waals surface area contributed by atoms with Gasteiger partial charge in [-0.1, -0.05) is 42.5 Å². The SMILES string of the molecule is C1=Cc2cc3c4c(ccc3cc2C1)C=CC4. The molecule has 0 fully saturated rings. The topological polar surface area (TPSA) is 0 Å². The molecule has 0 atom stereocenters. The quantitative estimate of drug-likeness (QED) is 0.609. The van der Waals surface area contributed by atoms with Crippen molar-refractivity contribution in [2.24, 2.45) is 0 Å². The van der Waals surface area contributed by atoms with Crippen molar-refractivity contribution >= 4 is 22.9 Å². The molecular formula is C16H12. The van der Waals surface area contributed by atoms with Crippen molar-refractivity contribution in [1.82, 2.24) is 0 Å². The van der Waals surface area contributed by atoms with Crippen LogP contribution >= 0.6 is 0 Å². The zero-order valence-electron chi connectivity index (χ0n) is 9.03. The Balaban J connectivity index is 2.12. The third kappa shape index (κ3) is 0.992. The van der Waals surface area contributed by atoms with Gasteiger partial charge in [0.05, 0.1) is 0 Å². The molecule has 16 heavy (non-hydrogen) atoms. The molecule has 2 aromatic carbocycles. The maximum absolute atomic E-state index is 2.36. The highest BCUT2D eigenvalue weighted by Crippen LogP contribution is 2.32. The van der Waals surface area contributed by atoms with Gasteiger partial charge in [-0.05, 0) is 51.9 Å². The largest absolute Gasteiger partial charge is 0.0795 e. The van der Waals surface area contributed by atoms with Crippen LogP contribution in [0.2, 0.25) is 0 Å². The van der Waals surface area contributed by atoms with Crippen LogP contribution in [0.5, 0.6) is 0 Å². The first-order valence-corrected chi connectivity index (χ1v) is 5.83. The molecule has 0 unspecified atom stereocenters. The van der Waals surface area contributed by atoms with Crippen LogP contribution in [0.15, 0.2) is 36.4 Å². The zero-order valence-corrected chi connectivity index (χ0v) is 9.03. The smallest absolute Gasteiger partial charge is 0.00820 e. The van der Waals surface area contributed by atoms with Gasteiger partial charge in [0.2, 0.25) is 0 Å². The fourth-order valence-corrected chi connectivity index (χ4v) is 2.85. The lowest BCUT2D eigenvalue weighted by atomic mass is 9.96. The monoisotopic (exact) mass is 204 g/mol. The maximum Gasteiger partial charge on any atom is -0.00820 e. The molecule has 76 valence electrons. The van der Waals surface area contributed by atoms with Crippen LogP contribution in [0.1, 0.15) is 22.3 Å². The van der Waals surface area contributed by atoms with E-state index in [1.165, 1.54) is 33.0 Å². The summed E-state index contributed by atoms with van der Waals surface area (Å²) >= 11 is 0. The van der Waals surface area contributed by atoms with E-state index in [0.29, 0.717) is 0 Å². The van der Waals surface area contributed by atoms with Gasteiger partial charge in [-0.2, -0.15) is 0 Å². The predicted octanol–water partition coefficient (Wildman–Crippen LogP) is 3.98. The Morgan fingerprint density at radius 2 is 1.69 bits per heavy atom. The van der Waals surface area contributed by atoms with E-state index in [9.17, 15) is 0 Å². The second kappa shape index (κ2) is 2.85. The Labute approximate surface area is 94.9 Å². The molecule has 2 aromatic rings. The molecular weight excluding hydrogens is 192 g/mol. The lowest BCUT2D eigenvalue weighted by Crippen LogP contribution is -1.88. The van der Waals surface area contributed by atoms with E-state index in [1.54, 1.807) is 0 Å². The molecule has 0 heterocycles. The second-order valence-electron chi connectivity index (χ2n) is 4.62. The summed E-state index contributed by atoms with van der Waals surface area (Å²) in [6, 6.07) is 9.21. The maximum atomic E-state index is 2.36. The van der Waals surface area contributed by atoms with Gasteiger partial charge in [-0.15, -0.1) is 0 Å². The molecule has 0 aromatic heterocycles. The summed E-state index contributed by atoms with van der Waals surface area (Å²) < 4.78 is 0. The highest BCUT2D eigenvalue weighted by molar-refractivity contribution is 5.93. The lowest BCUT2D eigenvalue weighted by Gasteiger charge is -2.08. The Morgan fingerprint density at radius 3 is 2.69 bits per heavy atom. The number of benzene rings is 2. The molecule has 0 aliphatic heterocycles. The molecule has 0 amide bonds. The highest BCUT2D eigenvalue weighted by Gasteiger charge is 2.12. The molecule has 0 N–H and O–H groups in total. The van der Waals surface area contributed by atoms with Crippen molar-refractivity contribution < 1.29 is 0 Å². The van der Waals surface area contributed by atoms with Crippen LogP contribution in [0, 0.1) is 0 Å². The third-order valence-corrected chi connectivity index (χ3v) is 3.68. The zero-order chi connectivity index (χ0) is 10.5. The minimum atomic E-state index is 1.09. The molecule has 0 nitrogen and oxygen atoms in total. The van der Waals surface area contributed by atoms with Gasteiger partial charge >= 0.3 is 0 Å². The van der Waals surface area contributed by atoms with Crippen LogP contribution in [0.3, 0.4) is 0 Å². The molecule has 4 rings (SSSR count). The average molecular weight is 204 g/mol. The summed E-state index contributed by atoms with van der Waals surface area (Å²) in [5, 5.41) is 2.83. The standard InChI is InChI=1S/C16H12/c1-4-12-9-14-8-7-11-3-2-6-15(11)16(14)10-13(12)5-1/h1-3,5,7-10H,4,6H2. The third-order valence-electron chi connectivity index (χ3n) is 3.68. The van der Waals surface area contributed by atoms with Gasteiger partial charge in [0.1, 0.15) is 0 Å². The van der Waals surface area contributed by atoms with Crippen molar-refractivity contribution in [3.63, 3.8) is 0 Å². The van der Waals surface area contributed by atoms with E-state index >= 15 is 0 Å². The lowest BCUT2D eigenvalue weighted by molar-refractivity contribution is 1.31. The van der Waals surface area contributed by atoms with Gasteiger partial charge in [-0.25, -0.2) is 0 Å². The normalized spacial score (nSPS) is 15.8. The summed E-state index contributed by atoms with van der Waals surface area (Å²) in [4.78, 5) is 0. The van der Waals surface area contributed by atoms with Crippen LogP contribution in [0.25, 0.3) is 22.9 Å². The number of rotatable bonds is 0. The molecule has 0 saturated heterocycles. The van der Waals surface area contributed by atoms with E-state index in [0.717, 1.165) is 12.8 Å². The number of allylic oxidation sites excluding steroid dienone is 2. The Morgan fingerprint density at radius 1 is 0.812 bits per heavy atom. The number of hydrogen-bond acceptors (Lipinski definition) is 0. The Hall–Kier alpha value is -1.82. The van der Waals surface area contributed by atoms with Crippen molar-refractivity contribution in [1.29, 1.82) is 0 Å². The van der Waals surface area contributed by atoms with Crippen LogP contribution in [0.4, 0.5) is 0 Å². The Kier molecular flexibility index (Phi) is 1.49. The second-order valence-corrected chi connectivity index (χ2v) is 4.62. The highest BCUT2D eigenvalue weighted by atomic mass is 14.2. The van der Waals surface area contributed by atoms with Gasteiger partial charge in [0.15, 0.2) is 0 Å². The van der Waals surface area contributed by atoms with Crippen LogP contribution in [-0.4, -0.2) is 0 Å². The number of fused-ring (bicyclic) bond motifs is 4. The minimum Gasteiger partial charge on any atom is -0.0795 e. The molecule has 2 aliphatic rings. The van der Waals surface area contributed by atoms with Crippen LogP contribution in [-0.2, 0) is 12.8 Å². The summed E-state index contributed by atoms with van der Waals surface area (Å²) in [5.74, 6) is 0. The van der Waals surface area contributed by atoms with Crippen molar-refractivity contribution in [2.45, 2.75) is 12.8 Å². The fourth-order valence-electron chi connectivity index (χ4n) is 2.85. The molecule has 0 spiro atoms. The van der Waals surface area contributed by atoms with E-state index in [-0.39, 0.29) is 0 Å². The fraction of sp³-hybridized carbons (Fsp3) is 0.125. The Bertz CT molecular complexity index is 657. The van der Waals surface area contributed by atoms with E-state index in [2.05, 4.69) is 48.6 Å². The molecule has 0 radical (unpaired) electrons. The van der Waals surface area contributed by atoms with Crippen molar-refractivity contribution in [2.75, 3.05) is 0 Å². The summed E-state index contributed by atoms with van der Waals surface area (Å²) in [7, 11) is 0. The van der Waals surface area contributed by atoms with Gasteiger partial charge in [-0.3, -0.25) is 0 Å².